The van der Waals surface area contributed by atoms with Gasteiger partial charge in [-0.2, -0.15) is 0 Å². The molecule has 0 N–H and O–H groups in total. The van der Waals surface area contributed by atoms with Gasteiger partial charge in [0.05, 0.1) is 12.4 Å². The summed E-state index contributed by atoms with van der Waals surface area (Å²) in [6.45, 7) is 3.05. The van der Waals surface area contributed by atoms with E-state index in [0.717, 1.165) is 6.42 Å². The number of pyridine rings is 1. The molecule has 0 aromatic carbocycles. The molecule has 130 valence electrons. The fourth-order valence-corrected chi connectivity index (χ4v) is 6.38. The number of nitrogens with zero attached hydrogens (tertiary/aromatic N) is 2. The molecule has 2 aliphatic heterocycles. The molecule has 3 heterocycles. The largest absolute Gasteiger partial charge is 0.477 e. The van der Waals surface area contributed by atoms with Crippen LogP contribution in [0.25, 0.3) is 0 Å². The summed E-state index contributed by atoms with van der Waals surface area (Å²) in [7, 11) is -3.18. The summed E-state index contributed by atoms with van der Waals surface area (Å²) in [4.78, 5) is 18.2. The van der Waals surface area contributed by atoms with Crippen LogP contribution in [0.3, 0.4) is 0 Å². The van der Waals surface area contributed by atoms with Crippen LogP contribution in [0.2, 0.25) is 0 Å². The first kappa shape index (κ1) is 15.9. The Morgan fingerprint density at radius 2 is 2.17 bits per heavy atom. The molecule has 7 heteroatoms. The van der Waals surface area contributed by atoms with Gasteiger partial charge in [-0.15, -0.1) is 0 Å². The quantitative estimate of drug-likeness (QED) is 0.814. The number of hydrogen-bond donors (Lipinski definition) is 0. The zero-order valence-electron chi connectivity index (χ0n) is 13.7. The lowest BCUT2D eigenvalue weighted by molar-refractivity contribution is -0.139. The fraction of sp³-hybridized carbons (Fsp3) is 0.647. The van der Waals surface area contributed by atoms with Crippen molar-refractivity contribution in [3.8, 4) is 5.88 Å². The number of aromatic nitrogens is 1. The molecule has 2 saturated heterocycles. The average molecular weight is 350 g/mol. The molecule has 1 aromatic rings. The highest BCUT2D eigenvalue weighted by Gasteiger charge is 2.63. The Kier molecular flexibility index (Phi) is 3.60. The zero-order valence-corrected chi connectivity index (χ0v) is 14.5. The molecule has 6 nitrogen and oxygen atoms in total. The number of carbonyl (C=O) groups excluding carboxylic acids is 1. The number of hydrogen-bond acceptors (Lipinski definition) is 5. The Bertz CT molecular complexity index is 743. The maximum Gasteiger partial charge on any atom is 0.226 e. The van der Waals surface area contributed by atoms with Crippen LogP contribution in [0, 0.1) is 17.8 Å². The Hall–Kier alpha value is -1.63. The number of ether oxygens (including phenoxy) is 1. The summed E-state index contributed by atoms with van der Waals surface area (Å²) >= 11 is 0. The Morgan fingerprint density at radius 1 is 1.42 bits per heavy atom. The third kappa shape index (κ3) is 2.41. The molecular formula is C17H22N2O4S. The Balaban J connectivity index is 1.44. The first-order chi connectivity index (χ1) is 11.4. The van der Waals surface area contributed by atoms with Crippen LogP contribution in [-0.2, 0) is 14.6 Å². The van der Waals surface area contributed by atoms with Crippen molar-refractivity contribution in [2.24, 2.45) is 17.8 Å². The molecule has 0 unspecified atom stereocenters. The first-order valence-corrected chi connectivity index (χ1v) is 10.1. The van der Waals surface area contributed by atoms with E-state index in [0.29, 0.717) is 37.9 Å². The van der Waals surface area contributed by atoms with Crippen LogP contribution in [-0.4, -0.2) is 54.4 Å². The highest BCUT2D eigenvalue weighted by molar-refractivity contribution is 7.93. The van der Waals surface area contributed by atoms with Gasteiger partial charge in [-0.05, 0) is 24.8 Å². The maximum atomic E-state index is 12.6. The molecule has 3 fully saturated rings. The number of carbonyl (C=O) groups is 1. The minimum absolute atomic E-state index is 0.0785. The van der Waals surface area contributed by atoms with E-state index < -0.39 is 14.6 Å². The van der Waals surface area contributed by atoms with Crippen molar-refractivity contribution in [1.29, 1.82) is 0 Å². The normalized spacial score (nSPS) is 32.4. The van der Waals surface area contributed by atoms with Crippen molar-refractivity contribution in [3.63, 3.8) is 0 Å². The van der Waals surface area contributed by atoms with Gasteiger partial charge in [-0.3, -0.25) is 4.79 Å². The molecule has 1 aliphatic carbocycles. The Morgan fingerprint density at radius 3 is 2.79 bits per heavy atom. The molecule has 0 radical (unpaired) electrons. The van der Waals surface area contributed by atoms with Crippen molar-refractivity contribution in [3.05, 3.63) is 24.4 Å². The summed E-state index contributed by atoms with van der Waals surface area (Å²) in [5.41, 5.74) is 0. The van der Waals surface area contributed by atoms with Crippen LogP contribution < -0.4 is 4.74 Å². The van der Waals surface area contributed by atoms with E-state index in [1.54, 1.807) is 17.2 Å². The van der Waals surface area contributed by atoms with Crippen LogP contribution >= 0.6 is 0 Å². The molecule has 24 heavy (non-hydrogen) atoms. The van der Waals surface area contributed by atoms with E-state index in [9.17, 15) is 13.2 Å². The summed E-state index contributed by atoms with van der Waals surface area (Å²) in [5, 5.41) is 0. The molecule has 1 amide bonds. The van der Waals surface area contributed by atoms with Gasteiger partial charge in [0.15, 0.2) is 9.84 Å². The second kappa shape index (κ2) is 5.44. The summed E-state index contributed by atoms with van der Waals surface area (Å²) < 4.78 is 30.1. The lowest BCUT2D eigenvalue weighted by Crippen LogP contribution is -2.69. The number of rotatable bonds is 4. The molecule has 0 bridgehead atoms. The third-order valence-electron chi connectivity index (χ3n) is 5.82. The highest BCUT2D eigenvalue weighted by atomic mass is 32.2. The average Bonchev–Trinajstić information content (AvgIpc) is 3.18. The van der Waals surface area contributed by atoms with Crippen LogP contribution in [0.4, 0.5) is 0 Å². The van der Waals surface area contributed by atoms with Crippen molar-refractivity contribution in [2.45, 2.75) is 24.5 Å². The standard InChI is InChI=1S/C17H22N2O4S/c1-12-8-14(12)16(20)19-10-17(11-19)13(5-7-24(17,21)22)9-23-15-4-2-3-6-18-15/h2-4,6,12-14H,5,7-11H2,1H3/t12-,13-,14-/m1/s1. The van der Waals surface area contributed by atoms with Gasteiger partial charge < -0.3 is 9.64 Å². The summed E-state index contributed by atoms with van der Waals surface area (Å²) in [6, 6.07) is 5.41. The maximum absolute atomic E-state index is 12.6. The molecule has 4 rings (SSSR count). The number of amides is 1. The monoisotopic (exact) mass is 350 g/mol. The third-order valence-corrected chi connectivity index (χ3v) is 8.43. The topological polar surface area (TPSA) is 76.6 Å². The second-order valence-electron chi connectivity index (χ2n) is 7.36. The smallest absolute Gasteiger partial charge is 0.226 e. The number of sulfone groups is 1. The molecule has 3 aliphatic rings. The van der Waals surface area contributed by atoms with E-state index >= 15 is 0 Å². The second-order valence-corrected chi connectivity index (χ2v) is 9.81. The highest BCUT2D eigenvalue weighted by Crippen LogP contribution is 2.47. The van der Waals surface area contributed by atoms with Crippen LogP contribution in [0.5, 0.6) is 5.88 Å². The van der Waals surface area contributed by atoms with Gasteiger partial charge >= 0.3 is 0 Å². The predicted octanol–water partition coefficient (Wildman–Crippen LogP) is 1.13. The first-order valence-electron chi connectivity index (χ1n) is 8.48. The lowest BCUT2D eigenvalue weighted by atomic mass is 9.83. The van der Waals surface area contributed by atoms with Crippen molar-refractivity contribution < 1.29 is 17.9 Å². The van der Waals surface area contributed by atoms with Gasteiger partial charge in [0, 0.05) is 37.2 Å². The van der Waals surface area contributed by atoms with Gasteiger partial charge in [-0.1, -0.05) is 13.0 Å². The SMILES string of the molecule is C[C@@H]1C[C@H]1C(=O)N1CC2(C1)[C@@H](COc1ccccn1)CCS2(=O)=O. The van der Waals surface area contributed by atoms with Gasteiger partial charge in [0.2, 0.25) is 11.8 Å². The Labute approximate surface area is 142 Å². The van der Waals surface area contributed by atoms with Crippen LogP contribution in [0.1, 0.15) is 19.8 Å². The van der Waals surface area contributed by atoms with Crippen molar-refractivity contribution in [1.82, 2.24) is 9.88 Å². The minimum Gasteiger partial charge on any atom is -0.477 e. The van der Waals surface area contributed by atoms with E-state index in [-0.39, 0.29) is 23.5 Å². The zero-order chi connectivity index (χ0) is 16.9. The number of likely N-dealkylation sites (tertiary alicyclic amines) is 1. The molecule has 1 saturated carbocycles. The predicted molar refractivity (Wildman–Crippen MR) is 88.2 cm³/mol. The van der Waals surface area contributed by atoms with Crippen LogP contribution in [0.15, 0.2) is 24.4 Å². The molecule has 1 spiro atoms. The van der Waals surface area contributed by atoms with Gasteiger partial charge in [0.25, 0.3) is 0 Å². The molecular weight excluding hydrogens is 328 g/mol. The lowest BCUT2D eigenvalue weighted by Gasteiger charge is -2.50. The molecule has 1 aromatic heterocycles. The summed E-state index contributed by atoms with van der Waals surface area (Å²) in [6.07, 6.45) is 3.18. The van der Waals surface area contributed by atoms with Crippen molar-refractivity contribution in [2.75, 3.05) is 25.4 Å². The van der Waals surface area contributed by atoms with Crippen molar-refractivity contribution >= 4 is 15.7 Å². The van der Waals surface area contributed by atoms with E-state index in [4.69, 9.17) is 4.74 Å². The fourth-order valence-electron chi connectivity index (χ4n) is 3.98. The van der Waals surface area contributed by atoms with Gasteiger partial charge in [-0.25, -0.2) is 13.4 Å². The minimum atomic E-state index is -3.18. The van der Waals surface area contributed by atoms with Gasteiger partial charge in [0.1, 0.15) is 4.75 Å². The van der Waals surface area contributed by atoms with E-state index in [1.165, 1.54) is 0 Å². The van der Waals surface area contributed by atoms with E-state index in [1.807, 2.05) is 12.1 Å². The van der Waals surface area contributed by atoms with E-state index in [2.05, 4.69) is 11.9 Å². The molecule has 3 atom stereocenters. The summed E-state index contributed by atoms with van der Waals surface area (Å²) in [5.74, 6) is 1.29.